The lowest BCUT2D eigenvalue weighted by atomic mass is 10.0. The molecular weight excluding hydrogens is 328 g/mol. The number of hydrogen-bond donors (Lipinski definition) is 1. The van der Waals surface area contributed by atoms with E-state index >= 15 is 0 Å². The van der Waals surface area contributed by atoms with Crippen LogP contribution in [0.4, 0.5) is 0 Å². The fourth-order valence-corrected chi connectivity index (χ4v) is 2.99. The first kappa shape index (κ1) is 18.4. The topological polar surface area (TPSA) is 75.9 Å². The molecule has 0 spiro atoms. The van der Waals surface area contributed by atoms with E-state index in [4.69, 9.17) is 0 Å². The molecule has 2 unspecified atom stereocenters. The van der Waals surface area contributed by atoms with E-state index in [1.807, 2.05) is 42.2 Å². The number of rotatable bonds is 4. The second-order valence-electron chi connectivity index (χ2n) is 6.02. The number of carbonyl (C=O) groups excluding carboxylic acids is 1. The molecule has 1 aliphatic heterocycles. The molecule has 8 heteroatoms. The molecule has 7 nitrogen and oxygen atoms in total. The summed E-state index contributed by atoms with van der Waals surface area (Å²) in [5, 5.41) is 15.0. The molecule has 130 valence electrons. The third-order valence-electron chi connectivity index (χ3n) is 4.19. The Morgan fingerprint density at radius 1 is 1.38 bits per heavy atom. The number of aryl methyl sites for hydroxylation is 1. The van der Waals surface area contributed by atoms with Crippen LogP contribution in [0.5, 0.6) is 0 Å². The van der Waals surface area contributed by atoms with Crippen LogP contribution in [0, 0.1) is 6.92 Å². The SMILES string of the molecule is Cc1nnnn1C(Cc1ccccc1)C(=O)N1CCNC(C)C1.Cl. The van der Waals surface area contributed by atoms with Crippen molar-refractivity contribution >= 4 is 18.3 Å². The van der Waals surface area contributed by atoms with Gasteiger partial charge in [0.2, 0.25) is 5.91 Å². The van der Waals surface area contributed by atoms with Crippen LogP contribution in [-0.4, -0.2) is 56.7 Å². The fourth-order valence-electron chi connectivity index (χ4n) is 2.99. The van der Waals surface area contributed by atoms with Crippen LogP contribution in [0.15, 0.2) is 30.3 Å². The number of carbonyl (C=O) groups is 1. The molecule has 0 radical (unpaired) electrons. The largest absolute Gasteiger partial charge is 0.338 e. The first-order valence-electron chi connectivity index (χ1n) is 7.95. The molecule has 1 amide bonds. The molecule has 24 heavy (non-hydrogen) atoms. The lowest BCUT2D eigenvalue weighted by Gasteiger charge is -2.34. The van der Waals surface area contributed by atoms with Gasteiger partial charge in [-0.25, -0.2) is 4.68 Å². The normalized spacial score (nSPS) is 18.8. The van der Waals surface area contributed by atoms with Gasteiger partial charge in [0.25, 0.3) is 0 Å². The van der Waals surface area contributed by atoms with Crippen molar-refractivity contribution in [3.8, 4) is 0 Å². The fraction of sp³-hybridized carbons (Fsp3) is 0.500. The van der Waals surface area contributed by atoms with Gasteiger partial charge in [-0.3, -0.25) is 4.79 Å². The first-order valence-corrected chi connectivity index (χ1v) is 7.95. The molecule has 0 bridgehead atoms. The minimum absolute atomic E-state index is 0. The Balaban J connectivity index is 0.00000208. The Morgan fingerprint density at radius 3 is 2.75 bits per heavy atom. The number of benzene rings is 1. The minimum Gasteiger partial charge on any atom is -0.338 e. The summed E-state index contributed by atoms with van der Waals surface area (Å²) in [5.41, 5.74) is 1.10. The summed E-state index contributed by atoms with van der Waals surface area (Å²) in [6.07, 6.45) is 0.587. The van der Waals surface area contributed by atoms with Crippen LogP contribution < -0.4 is 5.32 Å². The van der Waals surface area contributed by atoms with E-state index in [1.54, 1.807) is 4.68 Å². The number of tetrazole rings is 1. The van der Waals surface area contributed by atoms with Crippen LogP contribution in [0.3, 0.4) is 0 Å². The third-order valence-corrected chi connectivity index (χ3v) is 4.19. The summed E-state index contributed by atoms with van der Waals surface area (Å²) >= 11 is 0. The average Bonchev–Trinajstić information content (AvgIpc) is 2.99. The molecule has 1 aliphatic rings. The number of aromatic nitrogens is 4. The molecule has 1 aromatic carbocycles. The van der Waals surface area contributed by atoms with E-state index in [1.165, 1.54) is 0 Å². The summed E-state index contributed by atoms with van der Waals surface area (Å²) in [6.45, 7) is 6.17. The molecule has 1 fully saturated rings. The Labute approximate surface area is 147 Å². The van der Waals surface area contributed by atoms with Crippen LogP contribution in [0.25, 0.3) is 0 Å². The highest BCUT2D eigenvalue weighted by Gasteiger charge is 2.30. The Morgan fingerprint density at radius 2 is 2.12 bits per heavy atom. The lowest BCUT2D eigenvalue weighted by molar-refractivity contribution is -0.136. The number of halogens is 1. The van der Waals surface area contributed by atoms with Crippen molar-refractivity contribution < 1.29 is 4.79 Å². The van der Waals surface area contributed by atoms with Crippen molar-refractivity contribution in [3.05, 3.63) is 41.7 Å². The van der Waals surface area contributed by atoms with Gasteiger partial charge in [0.05, 0.1) is 0 Å². The highest BCUT2D eigenvalue weighted by atomic mass is 35.5. The minimum atomic E-state index is -0.405. The van der Waals surface area contributed by atoms with Gasteiger partial charge >= 0.3 is 0 Å². The standard InChI is InChI=1S/C16H22N6O.ClH/c1-12-11-21(9-8-17-12)16(23)15(22-13(2)18-19-20-22)10-14-6-4-3-5-7-14;/h3-7,12,15,17H,8-11H2,1-2H3;1H. The maximum atomic E-state index is 13.1. The monoisotopic (exact) mass is 350 g/mol. The average molecular weight is 351 g/mol. The van der Waals surface area contributed by atoms with Crippen molar-refractivity contribution in [1.29, 1.82) is 0 Å². The van der Waals surface area contributed by atoms with Crippen molar-refractivity contribution in [1.82, 2.24) is 30.4 Å². The molecule has 1 saturated heterocycles. The van der Waals surface area contributed by atoms with Crippen molar-refractivity contribution in [2.75, 3.05) is 19.6 Å². The predicted molar refractivity (Wildman–Crippen MR) is 93.0 cm³/mol. The molecule has 2 atom stereocenters. The number of hydrogen-bond acceptors (Lipinski definition) is 5. The smallest absolute Gasteiger partial charge is 0.248 e. The van der Waals surface area contributed by atoms with Gasteiger partial charge in [-0.15, -0.1) is 17.5 Å². The highest BCUT2D eigenvalue weighted by Crippen LogP contribution is 2.18. The molecule has 1 aromatic heterocycles. The second-order valence-corrected chi connectivity index (χ2v) is 6.02. The Bertz CT molecular complexity index is 662. The first-order chi connectivity index (χ1) is 11.1. The van der Waals surface area contributed by atoms with Gasteiger partial charge in [-0.05, 0) is 29.8 Å². The molecule has 0 aliphatic carbocycles. The van der Waals surface area contributed by atoms with E-state index in [0.29, 0.717) is 24.8 Å². The van der Waals surface area contributed by atoms with E-state index in [-0.39, 0.29) is 18.3 Å². The van der Waals surface area contributed by atoms with Gasteiger partial charge in [0, 0.05) is 32.1 Å². The van der Waals surface area contributed by atoms with Crippen molar-refractivity contribution in [2.24, 2.45) is 0 Å². The summed E-state index contributed by atoms with van der Waals surface area (Å²) < 4.78 is 1.64. The van der Waals surface area contributed by atoms with Crippen LogP contribution in [-0.2, 0) is 11.2 Å². The van der Waals surface area contributed by atoms with Crippen LogP contribution in [0.1, 0.15) is 24.4 Å². The molecule has 0 saturated carbocycles. The van der Waals surface area contributed by atoms with Gasteiger partial charge in [-0.2, -0.15) is 0 Å². The lowest BCUT2D eigenvalue weighted by Crippen LogP contribution is -2.53. The maximum Gasteiger partial charge on any atom is 0.248 e. The number of amides is 1. The Kier molecular flexibility index (Phi) is 6.28. The zero-order valence-electron chi connectivity index (χ0n) is 13.9. The van der Waals surface area contributed by atoms with E-state index in [2.05, 4.69) is 27.8 Å². The predicted octanol–water partition coefficient (Wildman–Crippen LogP) is 1.01. The maximum absolute atomic E-state index is 13.1. The van der Waals surface area contributed by atoms with Crippen molar-refractivity contribution in [2.45, 2.75) is 32.4 Å². The van der Waals surface area contributed by atoms with Gasteiger partial charge < -0.3 is 10.2 Å². The van der Waals surface area contributed by atoms with Crippen LogP contribution in [0.2, 0.25) is 0 Å². The summed E-state index contributed by atoms with van der Waals surface area (Å²) in [7, 11) is 0. The van der Waals surface area contributed by atoms with Gasteiger partial charge in [-0.1, -0.05) is 30.3 Å². The third kappa shape index (κ3) is 4.10. The van der Waals surface area contributed by atoms with Crippen molar-refractivity contribution in [3.63, 3.8) is 0 Å². The summed E-state index contributed by atoms with van der Waals surface area (Å²) in [5.74, 6) is 0.736. The molecule has 1 N–H and O–H groups in total. The molecule has 2 aromatic rings. The summed E-state index contributed by atoms with van der Waals surface area (Å²) in [4.78, 5) is 15.0. The second kappa shape index (κ2) is 8.21. The van der Waals surface area contributed by atoms with E-state index < -0.39 is 6.04 Å². The number of nitrogens with zero attached hydrogens (tertiary/aromatic N) is 5. The molecular formula is C16H23ClN6O. The number of piperazine rings is 1. The molecule has 3 rings (SSSR count). The van der Waals surface area contributed by atoms with Gasteiger partial charge in [0.1, 0.15) is 11.9 Å². The van der Waals surface area contributed by atoms with E-state index in [9.17, 15) is 4.79 Å². The highest BCUT2D eigenvalue weighted by molar-refractivity contribution is 5.85. The van der Waals surface area contributed by atoms with Gasteiger partial charge in [0.15, 0.2) is 0 Å². The van der Waals surface area contributed by atoms with Crippen LogP contribution >= 0.6 is 12.4 Å². The molecule has 2 heterocycles. The Hall–Kier alpha value is -1.99. The quantitative estimate of drug-likeness (QED) is 0.890. The van der Waals surface area contributed by atoms with E-state index in [0.717, 1.165) is 18.7 Å². The number of nitrogens with one attached hydrogen (secondary N) is 1. The summed E-state index contributed by atoms with van der Waals surface area (Å²) in [6, 6.07) is 9.89. The zero-order chi connectivity index (χ0) is 16.2. The zero-order valence-corrected chi connectivity index (χ0v) is 14.7.